The molecule has 122 valence electrons. The standard InChI is InChI=1S/C20H26N2O/c1-4-19(16-10-8-7-9-11-16)20(23)21-17-12-14-18(15-13-17)22(5-2)6-3/h7-15,19H,4-6H2,1-3H3,(H,21,23)/t19-/m0/s1. The summed E-state index contributed by atoms with van der Waals surface area (Å²) in [6, 6.07) is 18.0. The van der Waals surface area contributed by atoms with Crippen molar-refractivity contribution >= 4 is 17.3 Å². The minimum absolute atomic E-state index is 0.0503. The summed E-state index contributed by atoms with van der Waals surface area (Å²) in [5, 5.41) is 3.04. The molecule has 1 atom stereocenters. The molecule has 0 unspecified atom stereocenters. The third-order valence-corrected chi connectivity index (χ3v) is 4.19. The van der Waals surface area contributed by atoms with E-state index in [0.717, 1.165) is 30.8 Å². The first-order valence-electron chi connectivity index (χ1n) is 8.40. The lowest BCUT2D eigenvalue weighted by Crippen LogP contribution is -2.22. The van der Waals surface area contributed by atoms with Crippen LogP contribution in [-0.2, 0) is 4.79 Å². The molecule has 0 aliphatic rings. The molecule has 1 N–H and O–H groups in total. The molecule has 0 bridgehead atoms. The van der Waals surface area contributed by atoms with E-state index in [1.807, 2.05) is 49.4 Å². The SMILES string of the molecule is CC[C@H](C(=O)Nc1ccc(N(CC)CC)cc1)c1ccccc1. The molecule has 0 aromatic heterocycles. The Morgan fingerprint density at radius 2 is 1.57 bits per heavy atom. The lowest BCUT2D eigenvalue weighted by Gasteiger charge is -2.21. The molecule has 23 heavy (non-hydrogen) atoms. The fraction of sp³-hybridized carbons (Fsp3) is 0.350. The van der Waals surface area contributed by atoms with Crippen LogP contribution in [0, 0.1) is 0 Å². The second-order valence-corrected chi connectivity index (χ2v) is 5.58. The number of rotatable bonds is 7. The fourth-order valence-corrected chi connectivity index (χ4v) is 2.83. The van der Waals surface area contributed by atoms with Gasteiger partial charge >= 0.3 is 0 Å². The lowest BCUT2D eigenvalue weighted by atomic mass is 9.95. The molecule has 3 nitrogen and oxygen atoms in total. The number of nitrogens with zero attached hydrogens (tertiary/aromatic N) is 1. The van der Waals surface area contributed by atoms with Gasteiger partial charge in [-0.1, -0.05) is 37.3 Å². The number of carbonyl (C=O) groups excluding carboxylic acids is 1. The van der Waals surface area contributed by atoms with Crippen molar-refractivity contribution in [2.75, 3.05) is 23.3 Å². The van der Waals surface area contributed by atoms with Gasteiger partial charge in [-0.3, -0.25) is 4.79 Å². The van der Waals surface area contributed by atoms with Crippen LogP contribution in [0.4, 0.5) is 11.4 Å². The summed E-state index contributed by atoms with van der Waals surface area (Å²) >= 11 is 0. The van der Waals surface area contributed by atoms with Crippen molar-refractivity contribution in [3.05, 3.63) is 60.2 Å². The lowest BCUT2D eigenvalue weighted by molar-refractivity contribution is -0.117. The Morgan fingerprint density at radius 1 is 0.957 bits per heavy atom. The molecule has 1 amide bonds. The van der Waals surface area contributed by atoms with Gasteiger partial charge in [-0.05, 0) is 50.1 Å². The van der Waals surface area contributed by atoms with Crippen molar-refractivity contribution < 1.29 is 4.79 Å². The van der Waals surface area contributed by atoms with Crippen molar-refractivity contribution in [1.29, 1.82) is 0 Å². The second-order valence-electron chi connectivity index (χ2n) is 5.58. The molecule has 0 aliphatic heterocycles. The van der Waals surface area contributed by atoms with E-state index >= 15 is 0 Å². The van der Waals surface area contributed by atoms with E-state index in [1.165, 1.54) is 5.69 Å². The molecule has 0 saturated carbocycles. The summed E-state index contributed by atoms with van der Waals surface area (Å²) in [5.41, 5.74) is 3.09. The highest BCUT2D eigenvalue weighted by atomic mass is 16.1. The first-order valence-corrected chi connectivity index (χ1v) is 8.40. The quantitative estimate of drug-likeness (QED) is 0.806. The number of hydrogen-bond donors (Lipinski definition) is 1. The van der Waals surface area contributed by atoms with Crippen LogP contribution in [0.25, 0.3) is 0 Å². The van der Waals surface area contributed by atoms with Crippen LogP contribution in [0.5, 0.6) is 0 Å². The van der Waals surface area contributed by atoms with E-state index < -0.39 is 0 Å². The van der Waals surface area contributed by atoms with Gasteiger partial charge in [0, 0.05) is 24.5 Å². The summed E-state index contributed by atoms with van der Waals surface area (Å²) in [7, 11) is 0. The van der Waals surface area contributed by atoms with E-state index in [0.29, 0.717) is 0 Å². The van der Waals surface area contributed by atoms with Crippen LogP contribution in [0.3, 0.4) is 0 Å². The maximum Gasteiger partial charge on any atom is 0.231 e. The highest BCUT2D eigenvalue weighted by Crippen LogP contribution is 2.23. The summed E-state index contributed by atoms with van der Waals surface area (Å²) in [6.45, 7) is 8.29. The molecule has 0 aliphatic carbocycles. The number of amides is 1. The predicted octanol–water partition coefficient (Wildman–Crippen LogP) is 4.67. The van der Waals surface area contributed by atoms with Crippen LogP contribution >= 0.6 is 0 Å². The van der Waals surface area contributed by atoms with Gasteiger partial charge in [0.1, 0.15) is 0 Å². The average molecular weight is 310 g/mol. The van der Waals surface area contributed by atoms with Crippen molar-refractivity contribution in [3.63, 3.8) is 0 Å². The zero-order chi connectivity index (χ0) is 16.7. The van der Waals surface area contributed by atoms with E-state index in [-0.39, 0.29) is 11.8 Å². The predicted molar refractivity (Wildman–Crippen MR) is 98.1 cm³/mol. The van der Waals surface area contributed by atoms with Crippen LogP contribution in [0.2, 0.25) is 0 Å². The first-order chi connectivity index (χ1) is 11.2. The normalized spacial score (nSPS) is 11.8. The molecule has 0 heterocycles. The maximum atomic E-state index is 12.6. The Hall–Kier alpha value is -2.29. The van der Waals surface area contributed by atoms with Gasteiger partial charge in [0.2, 0.25) is 5.91 Å². The van der Waals surface area contributed by atoms with Crippen molar-refractivity contribution in [3.8, 4) is 0 Å². The Balaban J connectivity index is 2.07. The molecule has 2 aromatic rings. The molecular formula is C20H26N2O. The van der Waals surface area contributed by atoms with Crippen molar-refractivity contribution in [2.45, 2.75) is 33.1 Å². The van der Waals surface area contributed by atoms with Crippen LogP contribution in [0.15, 0.2) is 54.6 Å². The van der Waals surface area contributed by atoms with Gasteiger partial charge in [0.05, 0.1) is 5.92 Å². The fourth-order valence-electron chi connectivity index (χ4n) is 2.83. The Kier molecular flexibility index (Phi) is 6.21. The van der Waals surface area contributed by atoms with E-state index in [9.17, 15) is 4.79 Å². The highest BCUT2D eigenvalue weighted by molar-refractivity contribution is 5.95. The number of nitrogens with one attached hydrogen (secondary N) is 1. The smallest absolute Gasteiger partial charge is 0.231 e. The molecular weight excluding hydrogens is 284 g/mol. The zero-order valence-corrected chi connectivity index (χ0v) is 14.3. The topological polar surface area (TPSA) is 32.3 Å². The molecule has 2 rings (SSSR count). The maximum absolute atomic E-state index is 12.6. The Labute approximate surface area is 139 Å². The number of carbonyl (C=O) groups is 1. The largest absolute Gasteiger partial charge is 0.372 e. The number of anilines is 2. The van der Waals surface area contributed by atoms with Gasteiger partial charge in [0.25, 0.3) is 0 Å². The molecule has 0 spiro atoms. The zero-order valence-electron chi connectivity index (χ0n) is 14.3. The minimum Gasteiger partial charge on any atom is -0.372 e. The van der Waals surface area contributed by atoms with Gasteiger partial charge in [-0.2, -0.15) is 0 Å². The van der Waals surface area contributed by atoms with E-state index in [1.54, 1.807) is 0 Å². The monoisotopic (exact) mass is 310 g/mol. The Bertz CT molecular complexity index is 603. The molecule has 2 aromatic carbocycles. The third-order valence-electron chi connectivity index (χ3n) is 4.19. The van der Waals surface area contributed by atoms with Crippen LogP contribution in [-0.4, -0.2) is 19.0 Å². The van der Waals surface area contributed by atoms with E-state index in [4.69, 9.17) is 0 Å². The first kappa shape index (κ1) is 17.1. The van der Waals surface area contributed by atoms with Gasteiger partial charge in [0.15, 0.2) is 0 Å². The average Bonchev–Trinajstić information content (AvgIpc) is 2.59. The van der Waals surface area contributed by atoms with Gasteiger partial charge < -0.3 is 10.2 Å². The van der Waals surface area contributed by atoms with E-state index in [2.05, 4.69) is 36.2 Å². The van der Waals surface area contributed by atoms with Crippen LogP contribution < -0.4 is 10.2 Å². The van der Waals surface area contributed by atoms with Crippen molar-refractivity contribution in [1.82, 2.24) is 0 Å². The summed E-state index contributed by atoms with van der Waals surface area (Å²) < 4.78 is 0. The highest BCUT2D eigenvalue weighted by Gasteiger charge is 2.18. The molecule has 0 saturated heterocycles. The molecule has 0 radical (unpaired) electrons. The van der Waals surface area contributed by atoms with Crippen molar-refractivity contribution in [2.24, 2.45) is 0 Å². The third kappa shape index (κ3) is 4.35. The number of hydrogen-bond acceptors (Lipinski definition) is 2. The van der Waals surface area contributed by atoms with Gasteiger partial charge in [-0.15, -0.1) is 0 Å². The summed E-state index contributed by atoms with van der Waals surface area (Å²) in [6.07, 6.45) is 0.785. The molecule has 3 heteroatoms. The van der Waals surface area contributed by atoms with Crippen LogP contribution in [0.1, 0.15) is 38.7 Å². The summed E-state index contributed by atoms with van der Waals surface area (Å²) in [5.74, 6) is -0.0621. The second kappa shape index (κ2) is 8.37. The summed E-state index contributed by atoms with van der Waals surface area (Å²) in [4.78, 5) is 14.8. The number of benzene rings is 2. The minimum atomic E-state index is -0.112. The molecule has 0 fully saturated rings. The van der Waals surface area contributed by atoms with Gasteiger partial charge in [-0.25, -0.2) is 0 Å². The Morgan fingerprint density at radius 3 is 2.09 bits per heavy atom.